The molecule has 2 aromatic heterocycles. The lowest BCUT2D eigenvalue weighted by atomic mass is 10.1. The maximum atomic E-state index is 13.0. The van der Waals surface area contributed by atoms with Gasteiger partial charge in [-0.1, -0.05) is 12.1 Å². The van der Waals surface area contributed by atoms with E-state index in [-0.39, 0.29) is 11.9 Å². The molecule has 1 aliphatic heterocycles. The first-order valence-electron chi connectivity index (χ1n) is 8.47. The Hall–Kier alpha value is -2.60. The van der Waals surface area contributed by atoms with Gasteiger partial charge in [0.2, 0.25) is 5.91 Å². The quantitative estimate of drug-likeness (QED) is 0.796. The van der Waals surface area contributed by atoms with Gasteiger partial charge in [-0.15, -0.1) is 0 Å². The van der Waals surface area contributed by atoms with Crippen LogP contribution < -0.4 is 0 Å². The van der Waals surface area contributed by atoms with Gasteiger partial charge in [-0.25, -0.2) is 4.98 Å². The van der Waals surface area contributed by atoms with Gasteiger partial charge in [0.05, 0.1) is 25.9 Å². The molecule has 0 saturated carbocycles. The molecule has 1 fully saturated rings. The molecular weight excluding hydrogens is 318 g/mol. The zero-order valence-electron chi connectivity index (χ0n) is 14.4. The molecule has 0 radical (unpaired) electrons. The van der Waals surface area contributed by atoms with Crippen LogP contribution in [-0.4, -0.2) is 40.5 Å². The predicted molar refractivity (Wildman–Crippen MR) is 93.3 cm³/mol. The molecule has 0 aliphatic carbocycles. The Kier molecular flexibility index (Phi) is 4.05. The average molecular weight is 339 g/mol. The van der Waals surface area contributed by atoms with Crippen molar-refractivity contribution >= 4 is 16.9 Å². The molecule has 1 N–H and O–H groups in total. The normalized spacial score (nSPS) is 18.0. The second-order valence-corrected chi connectivity index (χ2v) is 6.57. The molecule has 6 heteroatoms. The molecular formula is C19H21N3O3. The van der Waals surface area contributed by atoms with Crippen LogP contribution in [0.15, 0.2) is 35.1 Å². The number of nitrogens with one attached hydrogen (secondary N) is 1. The number of fused-ring (bicyclic) bond motifs is 1. The van der Waals surface area contributed by atoms with Crippen LogP contribution in [0.1, 0.15) is 28.7 Å². The number of H-pyrrole nitrogens is 1. The number of ether oxygens (including phenoxy) is 1. The molecule has 3 aromatic rings. The van der Waals surface area contributed by atoms with Crippen molar-refractivity contribution in [3.63, 3.8) is 0 Å². The van der Waals surface area contributed by atoms with Crippen LogP contribution in [0.4, 0.5) is 0 Å². The van der Waals surface area contributed by atoms with Crippen molar-refractivity contribution in [1.29, 1.82) is 0 Å². The van der Waals surface area contributed by atoms with Gasteiger partial charge in [-0.3, -0.25) is 4.79 Å². The first-order valence-corrected chi connectivity index (χ1v) is 8.47. The van der Waals surface area contributed by atoms with Gasteiger partial charge in [-0.05, 0) is 25.5 Å². The van der Waals surface area contributed by atoms with Crippen molar-refractivity contribution in [2.24, 2.45) is 0 Å². The van der Waals surface area contributed by atoms with Crippen LogP contribution in [0.5, 0.6) is 0 Å². The second kappa shape index (κ2) is 6.37. The smallest absolute Gasteiger partial charge is 0.227 e. The van der Waals surface area contributed by atoms with Gasteiger partial charge in [0.1, 0.15) is 17.4 Å². The zero-order valence-corrected chi connectivity index (χ0v) is 14.4. The highest BCUT2D eigenvalue weighted by Crippen LogP contribution is 2.26. The van der Waals surface area contributed by atoms with Crippen LogP contribution in [0.3, 0.4) is 0 Å². The van der Waals surface area contributed by atoms with E-state index in [1.165, 1.54) is 0 Å². The molecule has 1 aromatic carbocycles. The van der Waals surface area contributed by atoms with E-state index in [9.17, 15) is 4.79 Å². The number of amides is 1. The van der Waals surface area contributed by atoms with E-state index < -0.39 is 0 Å². The van der Waals surface area contributed by atoms with Gasteiger partial charge in [-0.2, -0.15) is 0 Å². The summed E-state index contributed by atoms with van der Waals surface area (Å²) in [7, 11) is 0. The predicted octanol–water partition coefficient (Wildman–Crippen LogP) is 2.92. The SMILES string of the molecule is Cc1ccc2c(CC(=O)N3CCOC[C@H]3c3ncc(C)[nH]3)coc2c1. The second-order valence-electron chi connectivity index (χ2n) is 6.57. The summed E-state index contributed by atoms with van der Waals surface area (Å²) in [5.41, 5.74) is 3.86. The van der Waals surface area contributed by atoms with Crippen LogP contribution in [0, 0.1) is 13.8 Å². The number of benzene rings is 1. The van der Waals surface area contributed by atoms with Gasteiger partial charge in [0.25, 0.3) is 0 Å². The topological polar surface area (TPSA) is 71.4 Å². The minimum Gasteiger partial charge on any atom is -0.464 e. The minimum absolute atomic E-state index is 0.0608. The third kappa shape index (κ3) is 3.05. The van der Waals surface area contributed by atoms with E-state index in [4.69, 9.17) is 9.15 Å². The summed E-state index contributed by atoms with van der Waals surface area (Å²) in [6.07, 6.45) is 3.78. The highest BCUT2D eigenvalue weighted by molar-refractivity contribution is 5.88. The maximum Gasteiger partial charge on any atom is 0.227 e. The van der Waals surface area contributed by atoms with Gasteiger partial charge in [0.15, 0.2) is 0 Å². The van der Waals surface area contributed by atoms with Crippen molar-refractivity contribution in [2.75, 3.05) is 19.8 Å². The summed E-state index contributed by atoms with van der Waals surface area (Å²) in [6, 6.07) is 5.88. The number of furan rings is 1. The average Bonchev–Trinajstić information content (AvgIpc) is 3.21. The van der Waals surface area contributed by atoms with Gasteiger partial charge < -0.3 is 19.0 Å². The van der Waals surface area contributed by atoms with Crippen molar-refractivity contribution in [3.05, 3.63) is 53.3 Å². The fourth-order valence-corrected chi connectivity index (χ4v) is 3.32. The Bertz CT molecular complexity index is 912. The van der Waals surface area contributed by atoms with Crippen LogP contribution in [0.2, 0.25) is 0 Å². The van der Waals surface area contributed by atoms with Crippen LogP contribution in [0.25, 0.3) is 11.0 Å². The maximum absolute atomic E-state index is 13.0. The fraction of sp³-hybridized carbons (Fsp3) is 0.368. The van der Waals surface area contributed by atoms with Crippen LogP contribution >= 0.6 is 0 Å². The number of nitrogens with zero attached hydrogens (tertiary/aromatic N) is 2. The minimum atomic E-state index is -0.171. The fourth-order valence-electron chi connectivity index (χ4n) is 3.32. The Morgan fingerprint density at radius 3 is 3.08 bits per heavy atom. The third-order valence-electron chi connectivity index (χ3n) is 4.64. The summed E-state index contributed by atoms with van der Waals surface area (Å²) < 4.78 is 11.2. The van der Waals surface area contributed by atoms with E-state index >= 15 is 0 Å². The van der Waals surface area contributed by atoms with Crippen LogP contribution in [-0.2, 0) is 16.0 Å². The number of imidazole rings is 1. The number of carbonyl (C=O) groups excluding carboxylic acids is 1. The first kappa shape index (κ1) is 15.9. The number of aromatic amines is 1. The number of aryl methyl sites for hydroxylation is 2. The monoisotopic (exact) mass is 339 g/mol. The Morgan fingerprint density at radius 1 is 1.40 bits per heavy atom. The molecule has 130 valence electrons. The lowest BCUT2D eigenvalue weighted by Gasteiger charge is -2.34. The highest BCUT2D eigenvalue weighted by Gasteiger charge is 2.30. The Balaban J connectivity index is 1.57. The standard InChI is InChI=1S/C19H21N3O3/c1-12-3-4-15-14(10-25-17(15)7-12)8-18(23)22-5-6-24-11-16(22)19-20-9-13(2)21-19/h3-4,7,9-10,16H,5-6,8,11H2,1-2H3,(H,20,21)/t16-/m0/s1. The van der Waals surface area contributed by atoms with E-state index in [0.29, 0.717) is 26.2 Å². The van der Waals surface area contributed by atoms with Crippen molar-refractivity contribution in [1.82, 2.24) is 14.9 Å². The van der Waals surface area contributed by atoms with Crippen molar-refractivity contribution in [3.8, 4) is 0 Å². The van der Waals surface area contributed by atoms with E-state index in [0.717, 1.165) is 33.6 Å². The molecule has 1 saturated heterocycles. The lowest BCUT2D eigenvalue weighted by molar-refractivity contribution is -0.139. The van der Waals surface area contributed by atoms with Gasteiger partial charge >= 0.3 is 0 Å². The Morgan fingerprint density at radius 2 is 2.28 bits per heavy atom. The van der Waals surface area contributed by atoms with E-state index in [1.54, 1.807) is 12.5 Å². The first-order chi connectivity index (χ1) is 12.1. The number of aromatic nitrogens is 2. The molecule has 6 nitrogen and oxygen atoms in total. The molecule has 3 heterocycles. The largest absolute Gasteiger partial charge is 0.464 e. The van der Waals surface area contributed by atoms with Gasteiger partial charge in [0, 0.05) is 29.4 Å². The Labute approximate surface area is 145 Å². The molecule has 0 spiro atoms. The third-order valence-corrected chi connectivity index (χ3v) is 4.64. The summed E-state index contributed by atoms with van der Waals surface area (Å²) >= 11 is 0. The van der Waals surface area contributed by atoms with E-state index in [1.807, 2.05) is 36.9 Å². The molecule has 0 bridgehead atoms. The van der Waals surface area contributed by atoms with E-state index in [2.05, 4.69) is 9.97 Å². The highest BCUT2D eigenvalue weighted by atomic mass is 16.5. The molecule has 1 amide bonds. The number of rotatable bonds is 3. The summed E-state index contributed by atoms with van der Waals surface area (Å²) in [5, 5.41) is 0.998. The molecule has 25 heavy (non-hydrogen) atoms. The number of hydrogen-bond donors (Lipinski definition) is 1. The van der Waals surface area contributed by atoms with Crippen molar-refractivity contribution in [2.45, 2.75) is 26.3 Å². The molecule has 1 aliphatic rings. The lowest BCUT2D eigenvalue weighted by Crippen LogP contribution is -2.44. The zero-order chi connectivity index (χ0) is 17.4. The molecule has 1 atom stereocenters. The number of carbonyl (C=O) groups is 1. The summed E-state index contributed by atoms with van der Waals surface area (Å²) in [5.74, 6) is 0.837. The molecule has 4 rings (SSSR count). The number of hydrogen-bond acceptors (Lipinski definition) is 4. The summed E-state index contributed by atoms with van der Waals surface area (Å²) in [6.45, 7) is 5.55. The molecule has 0 unspecified atom stereocenters. The number of morpholine rings is 1. The van der Waals surface area contributed by atoms with Crippen molar-refractivity contribution < 1.29 is 13.9 Å². The summed E-state index contributed by atoms with van der Waals surface area (Å²) in [4.78, 5) is 22.4.